The molecule has 1 atom stereocenters. The molecule has 0 spiro atoms. The third kappa shape index (κ3) is 7.05. The molecule has 7 heteroatoms. The number of likely N-dealkylation sites (N-methyl/N-ethyl adjacent to an activating group) is 1. The molecule has 0 aliphatic heterocycles. The lowest BCUT2D eigenvalue weighted by Crippen LogP contribution is -2.36. The molecule has 0 heterocycles. The lowest BCUT2D eigenvalue weighted by Gasteiger charge is -2.21. The molecule has 0 saturated carbocycles. The van der Waals surface area contributed by atoms with Crippen molar-refractivity contribution in [2.45, 2.75) is 26.3 Å². The van der Waals surface area contributed by atoms with Crippen LogP contribution in [0.3, 0.4) is 0 Å². The van der Waals surface area contributed by atoms with E-state index in [2.05, 4.69) is 13.8 Å². The number of carbonyl (C=O) groups is 1. The van der Waals surface area contributed by atoms with Crippen molar-refractivity contribution in [3.05, 3.63) is 28.2 Å². The van der Waals surface area contributed by atoms with E-state index in [9.17, 15) is 4.79 Å². The molecule has 1 amide bonds. The first-order chi connectivity index (χ1) is 9.81. The second kappa shape index (κ2) is 10.2. The summed E-state index contributed by atoms with van der Waals surface area (Å²) in [6, 6.07) is 4.97. The molecular weight excluding hydrogens is 347 g/mol. The van der Waals surface area contributed by atoms with Gasteiger partial charge in [-0.2, -0.15) is 0 Å². The van der Waals surface area contributed by atoms with Crippen molar-refractivity contribution in [3.8, 4) is 5.75 Å². The Morgan fingerprint density at radius 1 is 1.36 bits per heavy atom. The van der Waals surface area contributed by atoms with Gasteiger partial charge in [-0.15, -0.1) is 12.4 Å². The number of amides is 1. The highest BCUT2D eigenvalue weighted by Gasteiger charge is 2.14. The van der Waals surface area contributed by atoms with Crippen LogP contribution in [-0.2, 0) is 4.79 Å². The molecule has 1 aromatic carbocycles. The average molecular weight is 370 g/mol. The van der Waals surface area contributed by atoms with Crippen LogP contribution in [0.5, 0.6) is 5.75 Å². The minimum absolute atomic E-state index is 0. The van der Waals surface area contributed by atoms with Crippen LogP contribution in [0.4, 0.5) is 0 Å². The van der Waals surface area contributed by atoms with Crippen molar-refractivity contribution in [1.82, 2.24) is 4.90 Å². The number of halogens is 3. The molecule has 1 unspecified atom stereocenters. The lowest BCUT2D eigenvalue weighted by atomic mass is 10.0. The van der Waals surface area contributed by atoms with Gasteiger partial charge >= 0.3 is 0 Å². The summed E-state index contributed by atoms with van der Waals surface area (Å²) in [5.74, 6) is 0.682. The number of ether oxygens (including phenoxy) is 1. The first-order valence-electron chi connectivity index (χ1n) is 6.88. The molecule has 1 rings (SSSR count). The highest BCUT2D eigenvalue weighted by atomic mass is 35.5. The van der Waals surface area contributed by atoms with E-state index in [1.807, 2.05) is 0 Å². The molecule has 1 aromatic rings. The van der Waals surface area contributed by atoms with Crippen molar-refractivity contribution in [1.29, 1.82) is 0 Å². The van der Waals surface area contributed by atoms with Gasteiger partial charge in [0, 0.05) is 30.7 Å². The van der Waals surface area contributed by atoms with Gasteiger partial charge < -0.3 is 15.4 Å². The minimum Gasteiger partial charge on any atom is -0.482 e. The molecule has 4 nitrogen and oxygen atoms in total. The summed E-state index contributed by atoms with van der Waals surface area (Å²) in [5, 5.41) is 0.940. The lowest BCUT2D eigenvalue weighted by molar-refractivity contribution is -0.132. The topological polar surface area (TPSA) is 55.6 Å². The number of nitrogens with two attached hydrogens (primary N) is 1. The molecule has 0 saturated heterocycles. The van der Waals surface area contributed by atoms with Crippen LogP contribution in [0, 0.1) is 5.92 Å². The van der Waals surface area contributed by atoms with Gasteiger partial charge in [-0.3, -0.25) is 4.79 Å². The summed E-state index contributed by atoms with van der Waals surface area (Å²) < 4.78 is 5.42. The fraction of sp³-hybridized carbons (Fsp3) is 0.533. The van der Waals surface area contributed by atoms with Crippen molar-refractivity contribution in [2.75, 3.05) is 20.2 Å². The second-order valence-corrected chi connectivity index (χ2v) is 6.22. The summed E-state index contributed by atoms with van der Waals surface area (Å²) in [4.78, 5) is 13.6. The summed E-state index contributed by atoms with van der Waals surface area (Å²) in [7, 11) is 1.73. The van der Waals surface area contributed by atoms with E-state index in [4.69, 9.17) is 33.7 Å². The van der Waals surface area contributed by atoms with Crippen LogP contribution in [0.15, 0.2) is 18.2 Å². The Morgan fingerprint density at radius 2 is 2.00 bits per heavy atom. The molecule has 0 aromatic heterocycles. The Bertz CT molecular complexity index is 484. The molecule has 0 radical (unpaired) electrons. The normalized spacial score (nSPS) is 11.8. The van der Waals surface area contributed by atoms with Crippen molar-refractivity contribution < 1.29 is 9.53 Å². The zero-order valence-corrected chi connectivity index (χ0v) is 15.3. The summed E-state index contributed by atoms with van der Waals surface area (Å²) in [5.41, 5.74) is 5.97. The largest absolute Gasteiger partial charge is 0.482 e. The molecule has 126 valence electrons. The van der Waals surface area contributed by atoms with E-state index in [1.54, 1.807) is 30.1 Å². The highest BCUT2D eigenvalue weighted by Crippen LogP contribution is 2.27. The summed E-state index contributed by atoms with van der Waals surface area (Å²) in [6.45, 7) is 4.66. The molecule has 0 aliphatic carbocycles. The standard InChI is InChI=1S/C15H22Cl2N2O2.ClH/c1-10(2)13(18)6-7-19(3)15(20)9-21-14-8-11(16)4-5-12(14)17;/h4-5,8,10,13H,6-7,9,18H2,1-3H3;1H. The predicted octanol–water partition coefficient (Wildman–Crippen LogP) is 3.63. The van der Waals surface area contributed by atoms with Crippen molar-refractivity contribution in [3.63, 3.8) is 0 Å². The third-order valence-electron chi connectivity index (χ3n) is 3.32. The number of nitrogens with zero attached hydrogens (tertiary/aromatic N) is 1. The zero-order chi connectivity index (χ0) is 16.0. The van der Waals surface area contributed by atoms with E-state index in [-0.39, 0.29) is 31.0 Å². The quantitative estimate of drug-likeness (QED) is 0.798. The van der Waals surface area contributed by atoms with Crippen molar-refractivity contribution >= 4 is 41.5 Å². The fourth-order valence-corrected chi connectivity index (χ4v) is 1.97. The summed E-state index contributed by atoms with van der Waals surface area (Å²) in [6.07, 6.45) is 0.762. The molecule has 0 bridgehead atoms. The first-order valence-corrected chi connectivity index (χ1v) is 7.64. The number of hydrogen-bond donors (Lipinski definition) is 1. The molecular formula is C15H23Cl3N2O2. The molecule has 0 fully saturated rings. The molecule has 22 heavy (non-hydrogen) atoms. The van der Waals surface area contributed by atoms with E-state index < -0.39 is 0 Å². The number of rotatable bonds is 7. The third-order valence-corrected chi connectivity index (χ3v) is 3.87. The van der Waals surface area contributed by atoms with E-state index in [0.717, 1.165) is 6.42 Å². The van der Waals surface area contributed by atoms with Gasteiger partial charge in [0.2, 0.25) is 0 Å². The van der Waals surface area contributed by atoms with Gasteiger partial charge in [0.15, 0.2) is 6.61 Å². The first kappa shape index (κ1) is 21.3. The van der Waals surface area contributed by atoms with Crippen LogP contribution in [0.25, 0.3) is 0 Å². The van der Waals surface area contributed by atoms with Gasteiger partial charge in [-0.05, 0) is 24.5 Å². The molecule has 2 N–H and O–H groups in total. The van der Waals surface area contributed by atoms with Crippen LogP contribution < -0.4 is 10.5 Å². The zero-order valence-electron chi connectivity index (χ0n) is 13.0. The molecule has 0 aliphatic rings. The maximum atomic E-state index is 12.0. The highest BCUT2D eigenvalue weighted by molar-refractivity contribution is 6.34. The maximum Gasteiger partial charge on any atom is 0.260 e. The van der Waals surface area contributed by atoms with Gasteiger partial charge in [0.1, 0.15) is 5.75 Å². The second-order valence-electron chi connectivity index (χ2n) is 5.38. The Hall–Kier alpha value is -0.680. The summed E-state index contributed by atoms with van der Waals surface area (Å²) >= 11 is 11.8. The Kier molecular flexibility index (Phi) is 9.85. The van der Waals surface area contributed by atoms with Crippen LogP contribution in [0.2, 0.25) is 10.0 Å². The number of carbonyl (C=O) groups excluding carboxylic acids is 1. The van der Waals surface area contributed by atoms with E-state index >= 15 is 0 Å². The van der Waals surface area contributed by atoms with Crippen LogP contribution in [0.1, 0.15) is 20.3 Å². The van der Waals surface area contributed by atoms with Crippen LogP contribution >= 0.6 is 35.6 Å². The SMILES string of the molecule is CC(C)C(N)CCN(C)C(=O)COc1cc(Cl)ccc1Cl.Cl. The van der Waals surface area contributed by atoms with Gasteiger partial charge in [0.25, 0.3) is 5.91 Å². The van der Waals surface area contributed by atoms with Gasteiger partial charge in [-0.1, -0.05) is 37.0 Å². The number of hydrogen-bond acceptors (Lipinski definition) is 3. The fourth-order valence-electron chi connectivity index (χ4n) is 1.64. The number of benzene rings is 1. The van der Waals surface area contributed by atoms with Crippen LogP contribution in [-0.4, -0.2) is 37.0 Å². The van der Waals surface area contributed by atoms with E-state index in [1.165, 1.54) is 0 Å². The van der Waals surface area contributed by atoms with E-state index in [0.29, 0.717) is 28.3 Å². The predicted molar refractivity (Wildman–Crippen MR) is 94.3 cm³/mol. The van der Waals surface area contributed by atoms with Crippen molar-refractivity contribution in [2.24, 2.45) is 11.7 Å². The maximum absolute atomic E-state index is 12.0. The Labute approximate surface area is 148 Å². The van der Waals surface area contributed by atoms with Gasteiger partial charge in [-0.25, -0.2) is 0 Å². The Balaban J connectivity index is 0.00000441. The smallest absolute Gasteiger partial charge is 0.260 e. The Morgan fingerprint density at radius 3 is 2.59 bits per heavy atom. The minimum atomic E-state index is -0.123. The monoisotopic (exact) mass is 368 g/mol. The van der Waals surface area contributed by atoms with Gasteiger partial charge in [0.05, 0.1) is 5.02 Å². The average Bonchev–Trinajstić information content (AvgIpc) is 2.44.